The van der Waals surface area contributed by atoms with Gasteiger partial charge >= 0.3 is 0 Å². The quantitative estimate of drug-likeness (QED) is 0.301. The first-order valence-corrected chi connectivity index (χ1v) is 10.6. The lowest BCUT2D eigenvalue weighted by Gasteiger charge is -2.34. The number of halogens is 1. The molecule has 1 aliphatic rings. The summed E-state index contributed by atoms with van der Waals surface area (Å²) >= 11 is 0. The first kappa shape index (κ1) is 24.9. The van der Waals surface area contributed by atoms with Gasteiger partial charge in [0, 0.05) is 51.0 Å². The maximum absolute atomic E-state index is 11.8. The van der Waals surface area contributed by atoms with Crippen LogP contribution in [0, 0.1) is 6.92 Å². The number of nitrogens with zero attached hydrogens (tertiary/aromatic N) is 3. The lowest BCUT2D eigenvalue weighted by Crippen LogP contribution is -2.49. The molecule has 3 N–H and O–H groups in total. The topological polar surface area (TPSA) is 81.6 Å². The van der Waals surface area contributed by atoms with E-state index in [9.17, 15) is 4.79 Å². The minimum Gasteiger partial charge on any atom is -0.356 e. The van der Waals surface area contributed by atoms with E-state index in [0.717, 1.165) is 61.9 Å². The maximum atomic E-state index is 11.8. The van der Waals surface area contributed by atoms with E-state index in [0.29, 0.717) is 11.6 Å². The van der Waals surface area contributed by atoms with Gasteiger partial charge in [-0.15, -0.1) is 24.0 Å². The summed E-state index contributed by atoms with van der Waals surface area (Å²) in [5, 5.41) is 9.59. The number of carbonyl (C=O) groups excluding carboxylic acids is 1. The predicted molar refractivity (Wildman–Crippen MR) is 138 cm³/mol. The first-order valence-electron chi connectivity index (χ1n) is 10.6. The number of carbonyl (C=O) groups is 1. The summed E-state index contributed by atoms with van der Waals surface area (Å²) in [5.74, 6) is 1.83. The molecule has 168 valence electrons. The highest BCUT2D eigenvalue weighted by atomic mass is 127. The number of nitrogens with one attached hydrogen (secondary N) is 3. The zero-order chi connectivity index (χ0) is 21.3. The Bertz CT molecular complexity index is 880. The van der Waals surface area contributed by atoms with Crippen LogP contribution in [-0.2, 0) is 6.42 Å². The second-order valence-corrected chi connectivity index (χ2v) is 7.57. The number of amides is 1. The fourth-order valence-corrected chi connectivity index (χ4v) is 3.68. The van der Waals surface area contributed by atoms with Crippen LogP contribution in [0.5, 0.6) is 0 Å². The third-order valence-electron chi connectivity index (χ3n) is 5.38. The van der Waals surface area contributed by atoms with E-state index in [4.69, 9.17) is 0 Å². The van der Waals surface area contributed by atoms with Crippen molar-refractivity contribution in [2.75, 3.05) is 38.6 Å². The summed E-state index contributed by atoms with van der Waals surface area (Å²) < 4.78 is 0. The average Bonchev–Trinajstić information content (AvgIpc) is 2.78. The second-order valence-electron chi connectivity index (χ2n) is 7.57. The number of hydrogen-bond acceptors (Lipinski definition) is 4. The zero-order valence-electron chi connectivity index (χ0n) is 18.5. The number of anilines is 1. The van der Waals surface area contributed by atoms with E-state index in [1.165, 1.54) is 0 Å². The number of guanidine groups is 1. The van der Waals surface area contributed by atoms with Crippen LogP contribution >= 0.6 is 24.0 Å². The number of aromatic nitrogens is 1. The Kier molecular flexibility index (Phi) is 10.0. The number of pyridine rings is 1. The molecule has 0 spiro atoms. The van der Waals surface area contributed by atoms with E-state index >= 15 is 0 Å². The van der Waals surface area contributed by atoms with Crippen LogP contribution in [0.15, 0.2) is 47.5 Å². The molecule has 2 heterocycles. The highest BCUT2D eigenvalue weighted by Crippen LogP contribution is 2.18. The van der Waals surface area contributed by atoms with E-state index in [1.807, 2.05) is 37.3 Å². The van der Waals surface area contributed by atoms with Crippen molar-refractivity contribution in [1.82, 2.24) is 20.9 Å². The van der Waals surface area contributed by atoms with Crippen LogP contribution in [0.25, 0.3) is 0 Å². The molecular formula is C23H33IN6O. The summed E-state index contributed by atoms with van der Waals surface area (Å²) in [4.78, 5) is 23.1. The van der Waals surface area contributed by atoms with Gasteiger partial charge in [0.25, 0.3) is 5.91 Å². The van der Waals surface area contributed by atoms with Crippen LogP contribution in [0.1, 0.15) is 34.5 Å². The molecule has 0 atom stereocenters. The molecule has 2 aromatic rings. The molecule has 8 heteroatoms. The molecule has 0 aliphatic carbocycles. The number of piperidine rings is 1. The molecule has 1 amide bonds. The zero-order valence-corrected chi connectivity index (χ0v) is 20.8. The van der Waals surface area contributed by atoms with Gasteiger partial charge in [0.15, 0.2) is 5.96 Å². The second kappa shape index (κ2) is 12.5. The third kappa shape index (κ3) is 7.37. The van der Waals surface area contributed by atoms with Gasteiger partial charge in [-0.05, 0) is 56.0 Å². The SMILES string of the molecule is CN=C(NCCc1cccc(C(=O)NC)c1)NC1CCN(c2cccc(C)n2)CC1.I. The fourth-order valence-electron chi connectivity index (χ4n) is 3.68. The molecule has 1 saturated heterocycles. The Morgan fingerprint density at radius 3 is 2.61 bits per heavy atom. The molecule has 0 bridgehead atoms. The maximum Gasteiger partial charge on any atom is 0.251 e. The molecule has 0 radical (unpaired) electrons. The molecule has 1 aromatic heterocycles. The first-order chi connectivity index (χ1) is 14.6. The molecule has 1 aromatic carbocycles. The summed E-state index contributed by atoms with van der Waals surface area (Å²) in [6.45, 7) is 4.75. The molecular weight excluding hydrogens is 503 g/mol. The molecule has 31 heavy (non-hydrogen) atoms. The molecule has 3 rings (SSSR count). The number of aliphatic imine (C=N–C) groups is 1. The Balaban J connectivity index is 0.00000341. The van der Waals surface area contributed by atoms with Crippen molar-refractivity contribution < 1.29 is 4.79 Å². The standard InChI is InChI=1S/C23H32N6O.HI/c1-17-6-4-9-21(27-17)29-14-11-20(12-15-29)28-23(25-3)26-13-10-18-7-5-8-19(16-18)22(30)24-2;/h4-9,16,20H,10-15H2,1-3H3,(H,24,30)(H2,25,26,28);1H. The third-order valence-corrected chi connectivity index (χ3v) is 5.38. The van der Waals surface area contributed by atoms with Gasteiger partial charge in [0.2, 0.25) is 0 Å². The fraction of sp³-hybridized carbons (Fsp3) is 0.435. The van der Waals surface area contributed by atoms with Crippen LogP contribution in [0.2, 0.25) is 0 Å². The van der Waals surface area contributed by atoms with Crippen molar-refractivity contribution in [1.29, 1.82) is 0 Å². The molecule has 1 fully saturated rings. The van der Waals surface area contributed by atoms with Crippen molar-refractivity contribution in [2.24, 2.45) is 4.99 Å². The van der Waals surface area contributed by atoms with E-state index in [2.05, 4.69) is 43.0 Å². The lowest BCUT2D eigenvalue weighted by molar-refractivity contribution is 0.0963. The van der Waals surface area contributed by atoms with E-state index < -0.39 is 0 Å². The van der Waals surface area contributed by atoms with Gasteiger partial charge in [0.1, 0.15) is 5.82 Å². The Hall–Kier alpha value is -2.36. The van der Waals surface area contributed by atoms with E-state index in [-0.39, 0.29) is 29.9 Å². The van der Waals surface area contributed by atoms with Crippen molar-refractivity contribution in [3.8, 4) is 0 Å². The smallest absolute Gasteiger partial charge is 0.251 e. The van der Waals surface area contributed by atoms with Crippen molar-refractivity contribution in [2.45, 2.75) is 32.2 Å². The van der Waals surface area contributed by atoms with Gasteiger partial charge in [-0.1, -0.05) is 18.2 Å². The van der Waals surface area contributed by atoms with Gasteiger partial charge in [-0.2, -0.15) is 0 Å². The average molecular weight is 536 g/mol. The minimum atomic E-state index is -0.0607. The summed E-state index contributed by atoms with van der Waals surface area (Å²) in [5.41, 5.74) is 2.86. The Morgan fingerprint density at radius 1 is 1.19 bits per heavy atom. The largest absolute Gasteiger partial charge is 0.356 e. The minimum absolute atomic E-state index is 0. The van der Waals surface area contributed by atoms with Crippen molar-refractivity contribution in [3.63, 3.8) is 0 Å². The van der Waals surface area contributed by atoms with Crippen LogP contribution < -0.4 is 20.9 Å². The van der Waals surface area contributed by atoms with Crippen molar-refractivity contribution >= 4 is 41.7 Å². The number of aryl methyl sites for hydroxylation is 1. The lowest BCUT2D eigenvalue weighted by atomic mass is 10.1. The monoisotopic (exact) mass is 536 g/mol. The summed E-state index contributed by atoms with van der Waals surface area (Å²) in [7, 11) is 3.45. The Morgan fingerprint density at radius 2 is 1.94 bits per heavy atom. The van der Waals surface area contributed by atoms with Gasteiger partial charge in [0.05, 0.1) is 0 Å². The number of rotatable bonds is 6. The molecule has 0 saturated carbocycles. The van der Waals surface area contributed by atoms with Crippen LogP contribution in [-0.4, -0.2) is 56.6 Å². The summed E-state index contributed by atoms with van der Waals surface area (Å²) in [6, 6.07) is 14.3. The predicted octanol–water partition coefficient (Wildman–Crippen LogP) is 2.74. The van der Waals surface area contributed by atoms with Crippen LogP contribution in [0.4, 0.5) is 5.82 Å². The van der Waals surface area contributed by atoms with Gasteiger partial charge in [-0.25, -0.2) is 4.98 Å². The highest BCUT2D eigenvalue weighted by Gasteiger charge is 2.20. The molecule has 7 nitrogen and oxygen atoms in total. The van der Waals surface area contributed by atoms with Gasteiger partial charge < -0.3 is 20.9 Å². The molecule has 1 aliphatic heterocycles. The normalized spacial score (nSPS) is 14.5. The number of hydrogen-bond donors (Lipinski definition) is 3. The molecule has 0 unspecified atom stereocenters. The van der Waals surface area contributed by atoms with Gasteiger partial charge in [-0.3, -0.25) is 9.79 Å². The highest BCUT2D eigenvalue weighted by molar-refractivity contribution is 14.0. The van der Waals surface area contributed by atoms with E-state index in [1.54, 1.807) is 14.1 Å². The van der Waals surface area contributed by atoms with Crippen molar-refractivity contribution in [3.05, 3.63) is 59.3 Å². The number of benzene rings is 1. The summed E-state index contributed by atoms with van der Waals surface area (Å²) in [6.07, 6.45) is 2.91. The Labute approximate surface area is 202 Å². The van der Waals surface area contributed by atoms with Crippen LogP contribution in [0.3, 0.4) is 0 Å².